The predicted molar refractivity (Wildman–Crippen MR) is 71.8 cm³/mol. The molecular formula is C13H17ClN2O2. The second-order valence-corrected chi connectivity index (χ2v) is 4.80. The van der Waals surface area contributed by atoms with E-state index in [2.05, 4.69) is 0 Å². The van der Waals surface area contributed by atoms with E-state index in [4.69, 9.17) is 22.1 Å². The van der Waals surface area contributed by atoms with Gasteiger partial charge in [-0.3, -0.25) is 4.79 Å². The average molecular weight is 269 g/mol. The number of ether oxygens (including phenoxy) is 1. The van der Waals surface area contributed by atoms with Crippen LogP contribution in [0.3, 0.4) is 0 Å². The summed E-state index contributed by atoms with van der Waals surface area (Å²) >= 11 is 5.92. The fourth-order valence-corrected chi connectivity index (χ4v) is 2.30. The Bertz CT molecular complexity index is 451. The molecule has 0 bridgehead atoms. The minimum atomic E-state index is -0.0647. The van der Waals surface area contributed by atoms with E-state index in [1.165, 1.54) is 0 Å². The van der Waals surface area contributed by atoms with Crippen LogP contribution in [0.15, 0.2) is 18.2 Å². The lowest BCUT2D eigenvalue weighted by atomic mass is 10.1. The summed E-state index contributed by atoms with van der Waals surface area (Å²) in [7, 11) is 0. The van der Waals surface area contributed by atoms with Crippen molar-refractivity contribution in [3.05, 3.63) is 28.8 Å². The molecule has 1 saturated heterocycles. The quantitative estimate of drug-likeness (QED) is 0.837. The highest BCUT2D eigenvalue weighted by molar-refractivity contribution is 6.31. The first-order chi connectivity index (χ1) is 8.63. The lowest BCUT2D eigenvalue weighted by Crippen LogP contribution is -2.48. The molecular weight excluding hydrogens is 252 g/mol. The fourth-order valence-electron chi connectivity index (χ4n) is 2.13. The smallest absolute Gasteiger partial charge is 0.256 e. The van der Waals surface area contributed by atoms with E-state index >= 15 is 0 Å². The molecule has 1 heterocycles. The van der Waals surface area contributed by atoms with Crippen LogP contribution in [-0.4, -0.2) is 36.6 Å². The first kappa shape index (κ1) is 13.2. The van der Waals surface area contributed by atoms with Gasteiger partial charge >= 0.3 is 0 Å². The first-order valence-electron chi connectivity index (χ1n) is 6.07. The SMILES string of the molecule is CCC1COCCN1C(=O)c1cc(Cl)ccc1N. The van der Waals surface area contributed by atoms with Gasteiger partial charge in [0.1, 0.15) is 0 Å². The zero-order valence-electron chi connectivity index (χ0n) is 10.4. The van der Waals surface area contributed by atoms with E-state index in [9.17, 15) is 4.79 Å². The average Bonchev–Trinajstić information content (AvgIpc) is 2.40. The number of hydrogen-bond acceptors (Lipinski definition) is 3. The Morgan fingerprint density at radius 1 is 1.61 bits per heavy atom. The molecule has 2 rings (SSSR count). The van der Waals surface area contributed by atoms with Crippen LogP contribution >= 0.6 is 11.6 Å². The largest absolute Gasteiger partial charge is 0.398 e. The number of carbonyl (C=O) groups is 1. The summed E-state index contributed by atoms with van der Waals surface area (Å²) in [4.78, 5) is 14.3. The van der Waals surface area contributed by atoms with Crippen molar-refractivity contribution >= 4 is 23.2 Å². The van der Waals surface area contributed by atoms with Gasteiger partial charge in [0.05, 0.1) is 24.8 Å². The third-order valence-electron chi connectivity index (χ3n) is 3.21. The van der Waals surface area contributed by atoms with Gasteiger partial charge in [-0.2, -0.15) is 0 Å². The van der Waals surface area contributed by atoms with E-state index in [0.29, 0.717) is 36.0 Å². The number of halogens is 1. The van der Waals surface area contributed by atoms with E-state index in [-0.39, 0.29) is 11.9 Å². The van der Waals surface area contributed by atoms with E-state index in [1.54, 1.807) is 18.2 Å². The molecule has 0 aromatic heterocycles. The highest BCUT2D eigenvalue weighted by Gasteiger charge is 2.27. The fraction of sp³-hybridized carbons (Fsp3) is 0.462. The van der Waals surface area contributed by atoms with E-state index in [1.807, 2.05) is 11.8 Å². The number of carbonyl (C=O) groups excluding carboxylic acids is 1. The van der Waals surface area contributed by atoms with E-state index < -0.39 is 0 Å². The number of nitrogen functional groups attached to an aromatic ring is 1. The highest BCUT2D eigenvalue weighted by Crippen LogP contribution is 2.22. The van der Waals surface area contributed by atoms with Crippen LogP contribution < -0.4 is 5.73 Å². The summed E-state index contributed by atoms with van der Waals surface area (Å²) in [6, 6.07) is 5.09. The molecule has 0 spiro atoms. The minimum absolute atomic E-state index is 0.0647. The molecule has 1 fully saturated rings. The normalized spacial score (nSPS) is 19.9. The van der Waals surface area contributed by atoms with Crippen molar-refractivity contribution in [1.29, 1.82) is 0 Å². The van der Waals surface area contributed by atoms with Crippen molar-refractivity contribution < 1.29 is 9.53 Å². The Balaban J connectivity index is 2.26. The Kier molecular flexibility index (Phi) is 4.09. The Hall–Kier alpha value is -1.26. The zero-order valence-corrected chi connectivity index (χ0v) is 11.1. The van der Waals surface area contributed by atoms with Gasteiger partial charge in [-0.1, -0.05) is 18.5 Å². The standard InChI is InChI=1S/C13H17ClN2O2/c1-2-10-8-18-6-5-16(10)13(17)11-7-9(14)3-4-12(11)15/h3-4,7,10H,2,5-6,8,15H2,1H3. The molecule has 1 atom stereocenters. The molecule has 1 unspecified atom stereocenters. The maximum Gasteiger partial charge on any atom is 0.256 e. The second kappa shape index (κ2) is 5.59. The molecule has 0 radical (unpaired) electrons. The third kappa shape index (κ3) is 2.60. The van der Waals surface area contributed by atoms with Gasteiger partial charge in [-0.05, 0) is 24.6 Å². The van der Waals surface area contributed by atoms with Crippen LogP contribution in [0.25, 0.3) is 0 Å². The number of nitrogens with zero attached hydrogens (tertiary/aromatic N) is 1. The summed E-state index contributed by atoms with van der Waals surface area (Å²) in [5.74, 6) is -0.0647. The van der Waals surface area contributed by atoms with Gasteiger partial charge in [-0.25, -0.2) is 0 Å². The third-order valence-corrected chi connectivity index (χ3v) is 3.44. The van der Waals surface area contributed by atoms with Crippen molar-refractivity contribution in [2.45, 2.75) is 19.4 Å². The van der Waals surface area contributed by atoms with Crippen LogP contribution in [0.2, 0.25) is 5.02 Å². The van der Waals surface area contributed by atoms with Crippen molar-refractivity contribution in [3.8, 4) is 0 Å². The maximum atomic E-state index is 12.5. The summed E-state index contributed by atoms with van der Waals surface area (Å²) in [5, 5.41) is 0.522. The lowest BCUT2D eigenvalue weighted by molar-refractivity contribution is -0.00274. The molecule has 1 aromatic rings. The number of hydrogen-bond donors (Lipinski definition) is 1. The first-order valence-corrected chi connectivity index (χ1v) is 6.45. The van der Waals surface area contributed by atoms with Crippen LogP contribution in [0.5, 0.6) is 0 Å². The molecule has 1 aliphatic rings. The van der Waals surface area contributed by atoms with Gasteiger partial charge in [0.2, 0.25) is 0 Å². The molecule has 1 amide bonds. The monoisotopic (exact) mass is 268 g/mol. The number of rotatable bonds is 2. The molecule has 0 aliphatic carbocycles. The van der Waals surface area contributed by atoms with Gasteiger partial charge in [0.15, 0.2) is 0 Å². The molecule has 5 heteroatoms. The van der Waals surface area contributed by atoms with Crippen LogP contribution in [0.4, 0.5) is 5.69 Å². The number of amides is 1. The summed E-state index contributed by atoms with van der Waals surface area (Å²) in [6.45, 7) is 3.80. The van der Waals surface area contributed by atoms with Gasteiger partial charge in [0, 0.05) is 17.3 Å². The molecule has 98 valence electrons. The molecule has 0 saturated carbocycles. The highest BCUT2D eigenvalue weighted by atomic mass is 35.5. The molecule has 18 heavy (non-hydrogen) atoms. The van der Waals surface area contributed by atoms with E-state index in [0.717, 1.165) is 6.42 Å². The zero-order chi connectivity index (χ0) is 13.1. The van der Waals surface area contributed by atoms with Crippen molar-refractivity contribution in [1.82, 2.24) is 4.90 Å². The van der Waals surface area contributed by atoms with Crippen LogP contribution in [0, 0.1) is 0 Å². The van der Waals surface area contributed by atoms with Crippen LogP contribution in [-0.2, 0) is 4.74 Å². The maximum absolute atomic E-state index is 12.5. The number of anilines is 1. The predicted octanol–water partition coefficient (Wildman–Crippen LogP) is 2.17. The summed E-state index contributed by atoms with van der Waals surface area (Å²) < 4.78 is 5.39. The number of nitrogens with two attached hydrogens (primary N) is 1. The Labute approximate surface area is 112 Å². The summed E-state index contributed by atoms with van der Waals surface area (Å²) in [5.41, 5.74) is 6.79. The van der Waals surface area contributed by atoms with Crippen molar-refractivity contribution in [3.63, 3.8) is 0 Å². The lowest BCUT2D eigenvalue weighted by Gasteiger charge is -2.35. The van der Waals surface area contributed by atoms with Crippen molar-refractivity contribution in [2.75, 3.05) is 25.5 Å². The second-order valence-electron chi connectivity index (χ2n) is 4.37. The molecule has 1 aromatic carbocycles. The molecule has 1 aliphatic heterocycles. The Morgan fingerprint density at radius 2 is 2.39 bits per heavy atom. The van der Waals surface area contributed by atoms with Crippen molar-refractivity contribution in [2.24, 2.45) is 0 Å². The number of benzene rings is 1. The number of morpholine rings is 1. The van der Waals surface area contributed by atoms with Gasteiger partial charge in [0.25, 0.3) is 5.91 Å². The summed E-state index contributed by atoms with van der Waals surface area (Å²) in [6.07, 6.45) is 0.867. The van der Waals surface area contributed by atoms with Gasteiger partial charge < -0.3 is 15.4 Å². The Morgan fingerprint density at radius 3 is 3.11 bits per heavy atom. The molecule has 2 N–H and O–H groups in total. The van der Waals surface area contributed by atoms with Crippen LogP contribution in [0.1, 0.15) is 23.7 Å². The topological polar surface area (TPSA) is 55.6 Å². The minimum Gasteiger partial charge on any atom is -0.398 e. The molecule has 4 nitrogen and oxygen atoms in total. The van der Waals surface area contributed by atoms with Gasteiger partial charge in [-0.15, -0.1) is 0 Å².